The van der Waals surface area contributed by atoms with E-state index in [1.807, 2.05) is 38.1 Å². The summed E-state index contributed by atoms with van der Waals surface area (Å²) >= 11 is 0. The molecule has 0 N–H and O–H groups in total. The normalized spacial score (nSPS) is 12.5. The van der Waals surface area contributed by atoms with Crippen molar-refractivity contribution in [3.63, 3.8) is 0 Å². The van der Waals surface area contributed by atoms with Crippen LogP contribution in [-0.2, 0) is 6.42 Å². The second kappa shape index (κ2) is 6.88. The molecule has 0 fully saturated rings. The summed E-state index contributed by atoms with van der Waals surface area (Å²) in [7, 11) is 3.90. The molecule has 0 amide bonds. The summed E-state index contributed by atoms with van der Waals surface area (Å²) in [5, 5.41) is 4.08. The van der Waals surface area contributed by atoms with E-state index in [1.165, 1.54) is 12.1 Å². The minimum Gasteiger partial charge on any atom is -0.337 e. The Morgan fingerprint density at radius 2 is 2.08 bits per heavy atom. The van der Waals surface area contributed by atoms with Gasteiger partial charge in [0.1, 0.15) is 11.9 Å². The number of hydrogen-bond acceptors (Lipinski definition) is 5. The Labute approximate surface area is 140 Å². The molecule has 5 nitrogen and oxygen atoms in total. The van der Waals surface area contributed by atoms with Crippen LogP contribution in [0.15, 0.2) is 47.2 Å². The van der Waals surface area contributed by atoms with Crippen molar-refractivity contribution < 1.29 is 8.91 Å². The van der Waals surface area contributed by atoms with Gasteiger partial charge in [-0.15, -0.1) is 0 Å². The molecule has 24 heavy (non-hydrogen) atoms. The van der Waals surface area contributed by atoms with E-state index in [1.54, 1.807) is 18.5 Å². The molecule has 0 aliphatic heterocycles. The quantitative estimate of drug-likeness (QED) is 0.721. The summed E-state index contributed by atoms with van der Waals surface area (Å²) < 4.78 is 18.7. The summed E-state index contributed by atoms with van der Waals surface area (Å²) in [5.74, 6) is 0.854. The molecule has 0 aliphatic carbocycles. The predicted octanol–water partition coefficient (Wildman–Crippen LogP) is 3.15. The second-order valence-electron chi connectivity index (χ2n) is 5.95. The van der Waals surface area contributed by atoms with Crippen LogP contribution < -0.4 is 0 Å². The smallest absolute Gasteiger partial charge is 0.248 e. The third kappa shape index (κ3) is 3.49. The van der Waals surface area contributed by atoms with Crippen molar-refractivity contribution in [2.45, 2.75) is 19.4 Å². The molecule has 1 atom stereocenters. The topological polar surface area (TPSA) is 55.1 Å². The number of pyridine rings is 1. The Morgan fingerprint density at radius 3 is 2.75 bits per heavy atom. The van der Waals surface area contributed by atoms with Gasteiger partial charge < -0.3 is 4.52 Å². The lowest BCUT2D eigenvalue weighted by Gasteiger charge is -2.20. The van der Waals surface area contributed by atoms with Crippen molar-refractivity contribution in [2.24, 2.45) is 0 Å². The van der Waals surface area contributed by atoms with Crippen molar-refractivity contribution in [3.05, 3.63) is 76.9 Å². The predicted molar refractivity (Wildman–Crippen MR) is 88.0 cm³/mol. The Hall–Kier alpha value is -2.60. The van der Waals surface area contributed by atoms with E-state index in [-0.39, 0.29) is 11.9 Å². The van der Waals surface area contributed by atoms with E-state index < -0.39 is 0 Å². The number of aromatic nitrogens is 3. The van der Waals surface area contributed by atoms with Crippen molar-refractivity contribution in [1.29, 1.82) is 0 Å². The highest BCUT2D eigenvalue weighted by atomic mass is 19.1. The van der Waals surface area contributed by atoms with Gasteiger partial charge in [-0.05, 0) is 55.9 Å². The lowest BCUT2D eigenvalue weighted by atomic mass is 10.1. The summed E-state index contributed by atoms with van der Waals surface area (Å²) in [6.45, 7) is 1.87. The molecule has 1 aromatic carbocycles. The van der Waals surface area contributed by atoms with Crippen LogP contribution in [0.3, 0.4) is 0 Å². The van der Waals surface area contributed by atoms with E-state index in [0.717, 1.165) is 16.7 Å². The van der Waals surface area contributed by atoms with Crippen LogP contribution in [0.5, 0.6) is 0 Å². The van der Waals surface area contributed by atoms with Gasteiger partial charge in [0, 0.05) is 18.8 Å². The molecule has 2 heterocycles. The minimum atomic E-state index is -0.241. The lowest BCUT2D eigenvalue weighted by Crippen LogP contribution is -2.21. The summed E-state index contributed by atoms with van der Waals surface area (Å²) in [5.41, 5.74) is 2.83. The van der Waals surface area contributed by atoms with E-state index in [0.29, 0.717) is 18.1 Å². The van der Waals surface area contributed by atoms with Crippen LogP contribution >= 0.6 is 0 Å². The Bertz CT molecular complexity index is 817. The first-order valence-corrected chi connectivity index (χ1v) is 7.68. The number of benzene rings is 1. The van der Waals surface area contributed by atoms with Crippen LogP contribution in [-0.4, -0.2) is 34.1 Å². The van der Waals surface area contributed by atoms with E-state index >= 15 is 0 Å². The Balaban J connectivity index is 1.86. The van der Waals surface area contributed by atoms with E-state index in [4.69, 9.17) is 4.52 Å². The van der Waals surface area contributed by atoms with Crippen molar-refractivity contribution in [3.8, 4) is 0 Å². The first kappa shape index (κ1) is 16.3. The Morgan fingerprint density at radius 1 is 1.25 bits per heavy atom. The zero-order valence-electron chi connectivity index (χ0n) is 13.9. The standard InChI is InChI=1S/C18H19FN4O/c1-12-9-15(19)7-6-13(12)10-16-21-18(24-22-16)17(23(2)3)14-5-4-8-20-11-14/h4-9,11,17H,10H2,1-3H3/t17-/m1/s1. The second-order valence-corrected chi connectivity index (χ2v) is 5.95. The van der Waals surface area contributed by atoms with Gasteiger partial charge in [-0.3, -0.25) is 9.88 Å². The van der Waals surface area contributed by atoms with Gasteiger partial charge in [0.15, 0.2) is 5.82 Å². The Kier molecular flexibility index (Phi) is 4.66. The zero-order chi connectivity index (χ0) is 17.1. The first-order valence-electron chi connectivity index (χ1n) is 7.68. The van der Waals surface area contributed by atoms with Crippen LogP contribution in [0.2, 0.25) is 0 Å². The average Bonchev–Trinajstić information content (AvgIpc) is 2.99. The van der Waals surface area contributed by atoms with Crippen molar-refractivity contribution in [1.82, 2.24) is 20.0 Å². The van der Waals surface area contributed by atoms with Gasteiger partial charge in [0.2, 0.25) is 5.89 Å². The fourth-order valence-corrected chi connectivity index (χ4v) is 2.68. The van der Waals surface area contributed by atoms with Gasteiger partial charge in [0.05, 0.1) is 0 Å². The molecule has 124 valence electrons. The number of rotatable bonds is 5. The molecular weight excluding hydrogens is 307 g/mol. The molecule has 0 unspecified atom stereocenters. The third-order valence-corrected chi connectivity index (χ3v) is 3.89. The number of hydrogen-bond donors (Lipinski definition) is 0. The largest absolute Gasteiger partial charge is 0.337 e. The maximum atomic E-state index is 13.2. The number of nitrogens with zero attached hydrogens (tertiary/aromatic N) is 4. The molecule has 6 heteroatoms. The van der Waals surface area contributed by atoms with Crippen LogP contribution in [0, 0.1) is 12.7 Å². The minimum absolute atomic E-state index is 0.158. The molecule has 0 saturated carbocycles. The fraction of sp³-hybridized carbons (Fsp3) is 0.278. The molecule has 3 aromatic rings. The van der Waals surface area contributed by atoms with Crippen LogP contribution in [0.25, 0.3) is 0 Å². The van der Waals surface area contributed by atoms with Gasteiger partial charge in [0.25, 0.3) is 0 Å². The van der Waals surface area contributed by atoms with Crippen molar-refractivity contribution >= 4 is 0 Å². The highest BCUT2D eigenvalue weighted by Crippen LogP contribution is 2.25. The maximum absolute atomic E-state index is 13.2. The molecule has 3 rings (SSSR count). The van der Waals surface area contributed by atoms with Crippen LogP contribution in [0.4, 0.5) is 4.39 Å². The van der Waals surface area contributed by atoms with Crippen LogP contribution in [0.1, 0.15) is 34.4 Å². The fourth-order valence-electron chi connectivity index (χ4n) is 2.68. The molecule has 0 saturated heterocycles. The number of halogens is 1. The summed E-state index contributed by atoms with van der Waals surface area (Å²) in [6, 6.07) is 8.41. The van der Waals surface area contributed by atoms with Gasteiger partial charge in [-0.2, -0.15) is 4.98 Å². The molecule has 0 bridgehead atoms. The maximum Gasteiger partial charge on any atom is 0.248 e. The third-order valence-electron chi connectivity index (χ3n) is 3.89. The zero-order valence-corrected chi connectivity index (χ0v) is 13.9. The van der Waals surface area contributed by atoms with Crippen molar-refractivity contribution in [2.75, 3.05) is 14.1 Å². The van der Waals surface area contributed by atoms with E-state index in [2.05, 4.69) is 15.1 Å². The molecule has 0 radical (unpaired) electrons. The summed E-state index contributed by atoms with van der Waals surface area (Å²) in [6.07, 6.45) is 4.02. The first-order chi connectivity index (χ1) is 11.5. The van der Waals surface area contributed by atoms with Gasteiger partial charge in [-0.1, -0.05) is 17.3 Å². The number of aryl methyl sites for hydroxylation is 1. The highest BCUT2D eigenvalue weighted by Gasteiger charge is 2.23. The van der Waals surface area contributed by atoms with Gasteiger partial charge >= 0.3 is 0 Å². The lowest BCUT2D eigenvalue weighted by molar-refractivity contribution is 0.260. The van der Waals surface area contributed by atoms with E-state index in [9.17, 15) is 4.39 Å². The van der Waals surface area contributed by atoms with Gasteiger partial charge in [-0.25, -0.2) is 4.39 Å². The highest BCUT2D eigenvalue weighted by molar-refractivity contribution is 5.29. The average molecular weight is 326 g/mol. The molecule has 0 spiro atoms. The summed E-state index contributed by atoms with van der Waals surface area (Å²) in [4.78, 5) is 10.7. The molecule has 0 aliphatic rings. The monoisotopic (exact) mass is 326 g/mol. The molecule has 2 aromatic heterocycles. The SMILES string of the molecule is Cc1cc(F)ccc1Cc1noc([C@@H](c2cccnc2)N(C)C)n1. The molecular formula is C18H19FN4O.